The van der Waals surface area contributed by atoms with E-state index in [-0.39, 0.29) is 0 Å². The van der Waals surface area contributed by atoms with Gasteiger partial charge in [-0.2, -0.15) is 4.98 Å². The van der Waals surface area contributed by atoms with E-state index < -0.39 is 0 Å². The Balaban J connectivity index is 1.81. The number of anilines is 1. The minimum Gasteiger partial charge on any atom is -0.476 e. The van der Waals surface area contributed by atoms with E-state index >= 15 is 0 Å². The summed E-state index contributed by atoms with van der Waals surface area (Å²) in [5.41, 5.74) is 1.37. The summed E-state index contributed by atoms with van der Waals surface area (Å²) in [6.07, 6.45) is 5.62. The van der Waals surface area contributed by atoms with Crippen LogP contribution in [-0.2, 0) is 0 Å². The summed E-state index contributed by atoms with van der Waals surface area (Å²) in [6.45, 7) is 2.70. The van der Waals surface area contributed by atoms with Crippen LogP contribution in [0.4, 0.5) is 5.82 Å². The normalized spacial score (nSPS) is 18.9. The third-order valence-corrected chi connectivity index (χ3v) is 3.57. The largest absolute Gasteiger partial charge is 0.476 e. The molecule has 106 valence electrons. The predicted molar refractivity (Wildman–Crippen MR) is 77.9 cm³/mol. The van der Waals surface area contributed by atoms with Crippen LogP contribution in [0.25, 0.3) is 11.0 Å². The second-order valence-electron chi connectivity index (χ2n) is 4.85. The third-order valence-electron chi connectivity index (χ3n) is 3.38. The van der Waals surface area contributed by atoms with Crippen molar-refractivity contribution in [3.05, 3.63) is 18.5 Å². The van der Waals surface area contributed by atoms with Gasteiger partial charge >= 0.3 is 0 Å². The van der Waals surface area contributed by atoms with Crippen LogP contribution in [0.2, 0.25) is 0 Å². The highest BCUT2D eigenvalue weighted by molar-refractivity contribution is 6.23. The van der Waals surface area contributed by atoms with E-state index in [1.165, 1.54) is 12.8 Å². The molecule has 2 aromatic rings. The molecule has 0 radical (unpaired) electrons. The zero-order valence-electron chi connectivity index (χ0n) is 11.0. The van der Waals surface area contributed by atoms with Gasteiger partial charge in [0.1, 0.15) is 5.82 Å². The predicted octanol–water partition coefficient (Wildman–Crippen LogP) is 1.97. The molecule has 7 heteroatoms. The number of ether oxygens (including phenoxy) is 1. The summed E-state index contributed by atoms with van der Waals surface area (Å²) in [5, 5.41) is 3.37. The number of aromatic nitrogens is 3. The minimum atomic E-state index is 0.476. The molecule has 3 heterocycles. The van der Waals surface area contributed by atoms with E-state index in [0.717, 1.165) is 13.1 Å². The van der Waals surface area contributed by atoms with Gasteiger partial charge in [-0.1, -0.05) is 0 Å². The van der Waals surface area contributed by atoms with Gasteiger partial charge in [-0.3, -0.25) is 9.82 Å². The zero-order valence-corrected chi connectivity index (χ0v) is 11.7. The third kappa shape index (κ3) is 2.91. The molecular formula is C13H16ClN5O. The summed E-state index contributed by atoms with van der Waals surface area (Å²) >= 11 is 5.62. The number of fused-ring (bicyclic) bond motifs is 1. The molecule has 2 aromatic heterocycles. The molecule has 0 bridgehead atoms. The highest BCUT2D eigenvalue weighted by atomic mass is 35.5. The number of nitrogens with one attached hydrogen (secondary N) is 2. The molecule has 0 unspecified atom stereocenters. The Hall–Kier alpha value is -1.66. The zero-order chi connectivity index (χ0) is 13.8. The number of rotatable bonds is 4. The van der Waals surface area contributed by atoms with Gasteiger partial charge in [0.05, 0.1) is 12.1 Å². The van der Waals surface area contributed by atoms with Crippen molar-refractivity contribution in [2.45, 2.75) is 12.8 Å². The van der Waals surface area contributed by atoms with E-state index in [1.54, 1.807) is 18.5 Å². The Morgan fingerprint density at radius 2 is 2.30 bits per heavy atom. The molecule has 0 aliphatic carbocycles. The Kier molecular flexibility index (Phi) is 4.13. The van der Waals surface area contributed by atoms with Gasteiger partial charge in [0.25, 0.3) is 0 Å². The van der Waals surface area contributed by atoms with Gasteiger partial charge in [-0.15, -0.1) is 0 Å². The average Bonchev–Trinajstić information content (AvgIpc) is 2.53. The summed E-state index contributed by atoms with van der Waals surface area (Å²) < 4.78 is 5.85. The van der Waals surface area contributed by atoms with Gasteiger partial charge in [0.2, 0.25) is 5.88 Å². The molecule has 0 saturated carbocycles. The molecule has 1 aliphatic heterocycles. The maximum absolute atomic E-state index is 5.85. The Labute approximate surface area is 122 Å². The highest BCUT2D eigenvalue weighted by Crippen LogP contribution is 2.24. The second kappa shape index (κ2) is 6.19. The van der Waals surface area contributed by atoms with Crippen molar-refractivity contribution in [2.75, 3.05) is 24.5 Å². The maximum Gasteiger partial charge on any atom is 0.244 e. The SMILES string of the molecule is ClNc1cc2nccnc2c(OC[C@H]2CCCNC2)n1. The lowest BCUT2D eigenvalue weighted by atomic mass is 10.0. The van der Waals surface area contributed by atoms with Gasteiger partial charge in [0, 0.05) is 42.7 Å². The summed E-state index contributed by atoms with van der Waals surface area (Å²) in [7, 11) is 0. The van der Waals surface area contributed by atoms with Crippen LogP contribution in [0.5, 0.6) is 5.88 Å². The number of halogens is 1. The monoisotopic (exact) mass is 293 g/mol. The molecule has 0 aromatic carbocycles. The lowest BCUT2D eigenvalue weighted by molar-refractivity contribution is 0.214. The van der Waals surface area contributed by atoms with Crippen molar-refractivity contribution in [1.82, 2.24) is 20.3 Å². The van der Waals surface area contributed by atoms with Crippen LogP contribution < -0.4 is 14.9 Å². The van der Waals surface area contributed by atoms with Crippen molar-refractivity contribution in [3.8, 4) is 5.88 Å². The standard InChI is InChI=1S/C13H16ClN5O/c14-19-11-6-10-12(17-5-4-16-10)13(18-11)20-8-9-2-1-3-15-7-9/h4-6,9,15H,1-3,7-8H2,(H,18,19)/t9-/m0/s1. The van der Waals surface area contributed by atoms with Gasteiger partial charge in [-0.25, -0.2) is 4.98 Å². The Morgan fingerprint density at radius 3 is 3.10 bits per heavy atom. The van der Waals surface area contributed by atoms with Gasteiger partial charge < -0.3 is 10.1 Å². The fraction of sp³-hybridized carbons (Fsp3) is 0.462. The minimum absolute atomic E-state index is 0.476. The highest BCUT2D eigenvalue weighted by Gasteiger charge is 2.16. The first-order valence-electron chi connectivity index (χ1n) is 6.69. The maximum atomic E-state index is 5.85. The molecule has 2 N–H and O–H groups in total. The molecule has 1 saturated heterocycles. The van der Waals surface area contributed by atoms with E-state index in [4.69, 9.17) is 16.5 Å². The first-order valence-corrected chi connectivity index (χ1v) is 7.06. The molecule has 0 amide bonds. The first kappa shape index (κ1) is 13.3. The molecule has 3 rings (SSSR count). The molecular weight excluding hydrogens is 278 g/mol. The quantitative estimate of drug-likeness (QED) is 0.840. The number of nitrogens with zero attached hydrogens (tertiary/aromatic N) is 3. The van der Waals surface area contributed by atoms with Gasteiger partial charge in [-0.05, 0) is 19.4 Å². The molecule has 0 spiro atoms. The second-order valence-corrected chi connectivity index (χ2v) is 5.04. The molecule has 1 fully saturated rings. The van der Waals surface area contributed by atoms with Crippen LogP contribution in [0.3, 0.4) is 0 Å². The molecule has 1 atom stereocenters. The lowest BCUT2D eigenvalue weighted by Crippen LogP contribution is -2.33. The topological polar surface area (TPSA) is 72.0 Å². The number of hydrogen-bond acceptors (Lipinski definition) is 6. The van der Waals surface area contributed by atoms with Crippen LogP contribution in [-0.4, -0.2) is 34.6 Å². The molecule has 20 heavy (non-hydrogen) atoms. The number of piperidine rings is 1. The summed E-state index contributed by atoms with van der Waals surface area (Å²) in [5.74, 6) is 1.49. The fourth-order valence-electron chi connectivity index (χ4n) is 2.36. The summed E-state index contributed by atoms with van der Waals surface area (Å²) in [4.78, 5) is 15.3. The van der Waals surface area contributed by atoms with E-state index in [1.807, 2.05) is 0 Å². The van der Waals surface area contributed by atoms with Crippen LogP contribution in [0.15, 0.2) is 18.5 Å². The van der Waals surface area contributed by atoms with E-state index in [9.17, 15) is 0 Å². The number of pyridine rings is 1. The smallest absolute Gasteiger partial charge is 0.244 e. The first-order chi connectivity index (χ1) is 9.86. The van der Waals surface area contributed by atoms with Gasteiger partial charge in [0.15, 0.2) is 5.52 Å². The summed E-state index contributed by atoms with van der Waals surface area (Å²) in [6, 6.07) is 1.74. The molecule has 6 nitrogen and oxygen atoms in total. The van der Waals surface area contributed by atoms with E-state index in [2.05, 4.69) is 25.1 Å². The molecule has 1 aliphatic rings. The van der Waals surface area contributed by atoms with Crippen molar-refractivity contribution in [3.63, 3.8) is 0 Å². The lowest BCUT2D eigenvalue weighted by Gasteiger charge is -2.22. The van der Waals surface area contributed by atoms with Crippen LogP contribution in [0.1, 0.15) is 12.8 Å². The van der Waals surface area contributed by atoms with Crippen molar-refractivity contribution < 1.29 is 4.74 Å². The van der Waals surface area contributed by atoms with Crippen LogP contribution >= 0.6 is 11.8 Å². The fourth-order valence-corrected chi connectivity index (χ4v) is 2.45. The Bertz CT molecular complexity index is 588. The van der Waals surface area contributed by atoms with Crippen LogP contribution in [0, 0.1) is 5.92 Å². The Morgan fingerprint density at radius 1 is 1.40 bits per heavy atom. The van der Waals surface area contributed by atoms with Crippen molar-refractivity contribution in [2.24, 2.45) is 5.92 Å². The average molecular weight is 294 g/mol. The van der Waals surface area contributed by atoms with E-state index in [0.29, 0.717) is 35.3 Å². The van der Waals surface area contributed by atoms with Crippen molar-refractivity contribution >= 4 is 28.6 Å². The number of hydrogen-bond donors (Lipinski definition) is 2. The van der Waals surface area contributed by atoms with Crippen molar-refractivity contribution in [1.29, 1.82) is 0 Å².